The number of pyridine rings is 1. The Morgan fingerprint density at radius 3 is 2.50 bits per heavy atom. The molecule has 1 aliphatic heterocycles. The molecule has 1 amide bonds. The molecule has 3 rings (SSSR count). The molecular formula is C18H19N3O5. The number of ether oxygens (including phenoxy) is 3. The Balaban J connectivity index is 1.75. The second-order valence-electron chi connectivity index (χ2n) is 5.48. The maximum absolute atomic E-state index is 12.3. The van der Waals surface area contributed by atoms with Gasteiger partial charge in [-0.05, 0) is 24.3 Å². The van der Waals surface area contributed by atoms with E-state index in [9.17, 15) is 4.79 Å². The molecule has 0 bridgehead atoms. The van der Waals surface area contributed by atoms with Crippen molar-refractivity contribution in [2.24, 2.45) is 5.16 Å². The molecule has 1 aromatic carbocycles. The van der Waals surface area contributed by atoms with Crippen molar-refractivity contribution in [1.29, 1.82) is 0 Å². The van der Waals surface area contributed by atoms with Crippen LogP contribution in [0.15, 0.2) is 41.8 Å². The fourth-order valence-electron chi connectivity index (χ4n) is 2.60. The highest BCUT2D eigenvalue weighted by molar-refractivity contribution is 6.06. The number of aromatic nitrogens is 1. The molecule has 0 saturated heterocycles. The van der Waals surface area contributed by atoms with Gasteiger partial charge in [0.25, 0.3) is 5.91 Å². The fraction of sp³-hybridized carbons (Fsp3) is 0.278. The lowest BCUT2D eigenvalue weighted by Gasteiger charge is -2.13. The quantitative estimate of drug-likeness (QED) is 0.852. The van der Waals surface area contributed by atoms with E-state index in [1.165, 1.54) is 21.3 Å². The van der Waals surface area contributed by atoms with Crippen LogP contribution in [0, 0.1) is 0 Å². The van der Waals surface area contributed by atoms with Crippen LogP contribution in [-0.4, -0.2) is 44.0 Å². The third-order valence-corrected chi connectivity index (χ3v) is 3.89. The number of hydrogen-bond acceptors (Lipinski definition) is 7. The first-order chi connectivity index (χ1) is 12.7. The SMILES string of the molecule is COc1cc(C2=NO[C@H](C(=O)Nc3cccnc3)C2)cc(OC)c1OC. The molecule has 2 aromatic rings. The molecule has 1 aliphatic rings. The Morgan fingerprint density at radius 1 is 1.19 bits per heavy atom. The van der Waals surface area contributed by atoms with Crippen LogP contribution in [-0.2, 0) is 9.63 Å². The molecule has 0 unspecified atom stereocenters. The Kier molecular flexibility index (Phi) is 5.21. The van der Waals surface area contributed by atoms with E-state index in [1.54, 1.807) is 36.7 Å². The molecule has 8 nitrogen and oxygen atoms in total. The molecule has 1 atom stereocenters. The van der Waals surface area contributed by atoms with Gasteiger partial charge in [-0.3, -0.25) is 9.78 Å². The summed E-state index contributed by atoms with van der Waals surface area (Å²) in [7, 11) is 4.62. The third kappa shape index (κ3) is 3.53. The number of benzene rings is 1. The number of oxime groups is 1. The summed E-state index contributed by atoms with van der Waals surface area (Å²) in [5, 5.41) is 6.79. The molecule has 2 heterocycles. The summed E-state index contributed by atoms with van der Waals surface area (Å²) < 4.78 is 16.0. The van der Waals surface area contributed by atoms with Gasteiger partial charge in [0.2, 0.25) is 11.9 Å². The maximum atomic E-state index is 12.3. The van der Waals surface area contributed by atoms with E-state index in [0.29, 0.717) is 35.1 Å². The summed E-state index contributed by atoms with van der Waals surface area (Å²) in [6.45, 7) is 0. The number of carbonyl (C=O) groups excluding carboxylic acids is 1. The van der Waals surface area contributed by atoms with Crippen LogP contribution in [0.3, 0.4) is 0 Å². The Hall–Kier alpha value is -3.29. The first-order valence-electron chi connectivity index (χ1n) is 7.90. The lowest BCUT2D eigenvalue weighted by atomic mass is 10.0. The summed E-state index contributed by atoms with van der Waals surface area (Å²) in [6, 6.07) is 7.03. The lowest BCUT2D eigenvalue weighted by molar-refractivity contribution is -0.125. The number of hydrogen-bond donors (Lipinski definition) is 1. The summed E-state index contributed by atoms with van der Waals surface area (Å²) in [5.41, 5.74) is 1.95. The van der Waals surface area contributed by atoms with Crippen molar-refractivity contribution < 1.29 is 23.8 Å². The van der Waals surface area contributed by atoms with Gasteiger partial charge < -0.3 is 24.4 Å². The van der Waals surface area contributed by atoms with E-state index in [0.717, 1.165) is 5.56 Å². The summed E-state index contributed by atoms with van der Waals surface area (Å²) in [4.78, 5) is 21.6. The van der Waals surface area contributed by atoms with E-state index in [-0.39, 0.29) is 5.91 Å². The standard InChI is InChI=1S/C18H19N3O5/c1-23-14-7-11(8-15(24-2)17(14)25-3)13-9-16(26-21-13)18(22)20-12-5-4-6-19-10-12/h4-8,10,16H,9H2,1-3H3,(H,20,22)/t16-/m0/s1. The van der Waals surface area contributed by atoms with E-state index in [2.05, 4.69) is 15.5 Å². The van der Waals surface area contributed by atoms with Crippen molar-refractivity contribution in [3.8, 4) is 17.2 Å². The van der Waals surface area contributed by atoms with E-state index in [4.69, 9.17) is 19.0 Å². The van der Waals surface area contributed by atoms with Crippen LogP contribution in [0.2, 0.25) is 0 Å². The highest BCUT2D eigenvalue weighted by Gasteiger charge is 2.30. The van der Waals surface area contributed by atoms with Crippen LogP contribution < -0.4 is 19.5 Å². The number of nitrogens with one attached hydrogen (secondary N) is 1. The second kappa shape index (κ2) is 7.73. The number of methoxy groups -OCH3 is 3. The van der Waals surface area contributed by atoms with Crippen LogP contribution in [0.25, 0.3) is 0 Å². The molecule has 1 aromatic heterocycles. The normalized spacial score (nSPS) is 15.7. The topological polar surface area (TPSA) is 91.3 Å². The molecule has 0 saturated carbocycles. The monoisotopic (exact) mass is 357 g/mol. The number of amides is 1. The average Bonchev–Trinajstić information content (AvgIpc) is 3.18. The molecule has 0 radical (unpaired) electrons. The summed E-state index contributed by atoms with van der Waals surface area (Å²) in [5.74, 6) is 1.22. The first kappa shape index (κ1) is 17.5. The highest BCUT2D eigenvalue weighted by atomic mass is 16.6. The molecule has 8 heteroatoms. The van der Waals surface area contributed by atoms with Gasteiger partial charge in [0.15, 0.2) is 11.5 Å². The van der Waals surface area contributed by atoms with Gasteiger partial charge in [0.1, 0.15) is 0 Å². The summed E-state index contributed by atoms with van der Waals surface area (Å²) >= 11 is 0. The number of nitrogens with zero attached hydrogens (tertiary/aromatic N) is 2. The highest BCUT2D eigenvalue weighted by Crippen LogP contribution is 2.39. The zero-order valence-corrected chi connectivity index (χ0v) is 14.7. The van der Waals surface area contributed by atoms with Gasteiger partial charge in [0.05, 0.1) is 38.9 Å². The summed E-state index contributed by atoms with van der Waals surface area (Å²) in [6.07, 6.45) is 2.80. The smallest absolute Gasteiger partial charge is 0.268 e. The fourth-order valence-corrected chi connectivity index (χ4v) is 2.60. The third-order valence-electron chi connectivity index (χ3n) is 3.89. The maximum Gasteiger partial charge on any atom is 0.268 e. The minimum absolute atomic E-state index is 0.288. The molecule has 0 aliphatic carbocycles. The van der Waals surface area contributed by atoms with Crippen molar-refractivity contribution in [3.63, 3.8) is 0 Å². The van der Waals surface area contributed by atoms with Crippen molar-refractivity contribution in [3.05, 3.63) is 42.2 Å². The zero-order chi connectivity index (χ0) is 18.5. The second-order valence-corrected chi connectivity index (χ2v) is 5.48. The van der Waals surface area contributed by atoms with Crippen LogP contribution >= 0.6 is 0 Å². The van der Waals surface area contributed by atoms with Gasteiger partial charge >= 0.3 is 0 Å². The number of rotatable bonds is 6. The Labute approximate surface area is 150 Å². The average molecular weight is 357 g/mol. The van der Waals surface area contributed by atoms with Crippen LogP contribution in [0.1, 0.15) is 12.0 Å². The molecule has 0 fully saturated rings. The van der Waals surface area contributed by atoms with E-state index < -0.39 is 6.10 Å². The van der Waals surface area contributed by atoms with Crippen LogP contribution in [0.4, 0.5) is 5.69 Å². The zero-order valence-electron chi connectivity index (χ0n) is 14.7. The van der Waals surface area contributed by atoms with Gasteiger partial charge in [-0.25, -0.2) is 0 Å². The first-order valence-corrected chi connectivity index (χ1v) is 7.90. The minimum atomic E-state index is -0.718. The van der Waals surface area contributed by atoms with Crippen molar-refractivity contribution >= 4 is 17.3 Å². The van der Waals surface area contributed by atoms with Crippen molar-refractivity contribution in [2.75, 3.05) is 26.6 Å². The van der Waals surface area contributed by atoms with Gasteiger partial charge in [-0.15, -0.1) is 0 Å². The van der Waals surface area contributed by atoms with E-state index in [1.807, 2.05) is 0 Å². The van der Waals surface area contributed by atoms with Gasteiger partial charge in [-0.2, -0.15) is 0 Å². The van der Waals surface area contributed by atoms with Crippen molar-refractivity contribution in [2.45, 2.75) is 12.5 Å². The molecule has 1 N–H and O–H groups in total. The number of anilines is 1. The van der Waals surface area contributed by atoms with E-state index >= 15 is 0 Å². The predicted octanol–water partition coefficient (Wildman–Crippen LogP) is 2.24. The van der Waals surface area contributed by atoms with Crippen LogP contribution in [0.5, 0.6) is 17.2 Å². The molecule has 136 valence electrons. The minimum Gasteiger partial charge on any atom is -0.493 e. The molecule has 26 heavy (non-hydrogen) atoms. The molecule has 0 spiro atoms. The largest absolute Gasteiger partial charge is 0.493 e. The Bertz CT molecular complexity index is 798. The Morgan fingerprint density at radius 2 is 1.92 bits per heavy atom. The number of carbonyl (C=O) groups is 1. The van der Waals surface area contributed by atoms with Crippen molar-refractivity contribution in [1.82, 2.24) is 4.98 Å². The van der Waals surface area contributed by atoms with Gasteiger partial charge in [-0.1, -0.05) is 5.16 Å². The predicted molar refractivity (Wildman–Crippen MR) is 95.0 cm³/mol. The van der Waals surface area contributed by atoms with Gasteiger partial charge in [0, 0.05) is 18.2 Å². The lowest BCUT2D eigenvalue weighted by Crippen LogP contribution is -2.28. The molecular weight excluding hydrogens is 338 g/mol.